The Labute approximate surface area is 141 Å². The summed E-state index contributed by atoms with van der Waals surface area (Å²) in [7, 11) is 0. The van der Waals surface area contributed by atoms with Gasteiger partial charge in [-0.25, -0.2) is 0 Å². The van der Waals surface area contributed by atoms with Crippen molar-refractivity contribution in [1.82, 2.24) is 10.2 Å². The van der Waals surface area contributed by atoms with Crippen molar-refractivity contribution in [2.45, 2.75) is 0 Å². The summed E-state index contributed by atoms with van der Waals surface area (Å²) in [5.41, 5.74) is 1.87. The largest absolute Gasteiger partial charge is 0.416 e. The molecule has 0 radical (unpaired) electrons. The van der Waals surface area contributed by atoms with E-state index < -0.39 is 0 Å². The van der Waals surface area contributed by atoms with Gasteiger partial charge in [-0.3, -0.25) is 0 Å². The van der Waals surface area contributed by atoms with Gasteiger partial charge < -0.3 is 4.42 Å². The molecule has 106 valence electrons. The van der Waals surface area contributed by atoms with Crippen molar-refractivity contribution >= 4 is 33.4 Å². The molecule has 0 bridgehead atoms. The quantitative estimate of drug-likeness (QED) is 0.438. The van der Waals surface area contributed by atoms with E-state index in [0.717, 1.165) is 20.1 Å². The number of aromatic nitrogens is 2. The third-order valence-corrected chi connectivity index (χ3v) is 4.16. The zero-order chi connectivity index (χ0) is 14.9. The highest BCUT2D eigenvalue weighted by molar-refractivity contribution is 14.1. The van der Waals surface area contributed by atoms with E-state index in [-0.39, 0.29) is 0 Å². The van der Waals surface area contributed by atoms with Gasteiger partial charge in [-0.2, -0.15) is 0 Å². The van der Waals surface area contributed by atoms with E-state index in [1.807, 2.05) is 42.5 Å². The van der Waals surface area contributed by atoms with Crippen LogP contribution in [0.4, 0.5) is 0 Å². The Morgan fingerprint density at radius 2 is 1.41 bits per heavy atom. The van der Waals surface area contributed by atoms with Gasteiger partial charge in [-0.15, -0.1) is 10.2 Å². The van der Waals surface area contributed by atoms with E-state index in [2.05, 4.69) is 57.1 Å². The van der Waals surface area contributed by atoms with Crippen molar-refractivity contribution in [3.05, 3.63) is 70.3 Å². The van der Waals surface area contributed by atoms with Gasteiger partial charge in [0.15, 0.2) is 0 Å². The van der Waals surface area contributed by atoms with Gasteiger partial charge in [0.2, 0.25) is 11.8 Å². The molecule has 22 heavy (non-hydrogen) atoms. The molecule has 4 heteroatoms. The molecule has 4 rings (SSSR count). The van der Waals surface area contributed by atoms with Gasteiger partial charge >= 0.3 is 0 Å². The standard InChI is InChI=1S/C18H11IN2O/c19-16-7-3-6-14(11-16)17-20-21-18(22-17)15-9-8-12-4-1-2-5-13(12)10-15/h1-11H. The molecule has 3 nitrogen and oxygen atoms in total. The van der Waals surface area contributed by atoms with Crippen LogP contribution in [0.15, 0.2) is 71.1 Å². The molecule has 0 aliphatic heterocycles. The molecule has 1 aromatic heterocycles. The minimum Gasteiger partial charge on any atom is -0.416 e. The summed E-state index contributed by atoms with van der Waals surface area (Å²) < 4.78 is 6.97. The SMILES string of the molecule is Ic1cccc(-c2nnc(-c3ccc4ccccc4c3)o2)c1. The minimum absolute atomic E-state index is 0.541. The predicted octanol–water partition coefficient (Wildman–Crippen LogP) is 5.16. The molecule has 0 atom stereocenters. The van der Waals surface area contributed by atoms with E-state index in [4.69, 9.17) is 4.42 Å². The van der Waals surface area contributed by atoms with Crippen LogP contribution in [0.25, 0.3) is 33.7 Å². The van der Waals surface area contributed by atoms with E-state index in [1.54, 1.807) is 0 Å². The maximum atomic E-state index is 5.83. The van der Waals surface area contributed by atoms with Crippen molar-refractivity contribution in [3.8, 4) is 22.9 Å². The molecule has 0 saturated heterocycles. The normalized spacial score (nSPS) is 11.0. The van der Waals surface area contributed by atoms with Crippen LogP contribution in [-0.4, -0.2) is 10.2 Å². The fourth-order valence-corrected chi connectivity index (χ4v) is 2.94. The summed E-state index contributed by atoms with van der Waals surface area (Å²) >= 11 is 2.27. The number of fused-ring (bicyclic) bond motifs is 1. The van der Waals surface area contributed by atoms with Crippen molar-refractivity contribution in [3.63, 3.8) is 0 Å². The number of hydrogen-bond acceptors (Lipinski definition) is 3. The fraction of sp³-hybridized carbons (Fsp3) is 0. The second kappa shape index (κ2) is 5.53. The van der Waals surface area contributed by atoms with Gasteiger partial charge in [0, 0.05) is 14.7 Å². The highest BCUT2D eigenvalue weighted by Crippen LogP contribution is 2.27. The molecule has 0 N–H and O–H groups in total. The molecular weight excluding hydrogens is 387 g/mol. The van der Waals surface area contributed by atoms with Gasteiger partial charge in [-0.1, -0.05) is 36.4 Å². The second-order valence-corrected chi connectivity index (χ2v) is 6.23. The first kappa shape index (κ1) is 13.5. The molecule has 1 heterocycles. The molecule has 0 unspecified atom stereocenters. The first-order valence-corrected chi connectivity index (χ1v) is 7.96. The Bertz CT molecular complexity index is 962. The molecule has 0 saturated carbocycles. The average molecular weight is 398 g/mol. The molecule has 4 aromatic rings. The minimum atomic E-state index is 0.541. The Morgan fingerprint density at radius 3 is 2.18 bits per heavy atom. The maximum absolute atomic E-state index is 5.83. The molecule has 0 aliphatic carbocycles. The summed E-state index contributed by atoms with van der Waals surface area (Å²) in [6, 6.07) is 22.4. The topological polar surface area (TPSA) is 38.9 Å². The summed E-state index contributed by atoms with van der Waals surface area (Å²) in [5.74, 6) is 1.08. The van der Waals surface area contributed by atoms with Gasteiger partial charge in [0.25, 0.3) is 0 Å². The summed E-state index contributed by atoms with van der Waals surface area (Å²) in [6.07, 6.45) is 0. The molecule has 0 fully saturated rings. The van der Waals surface area contributed by atoms with Crippen LogP contribution < -0.4 is 0 Å². The molecule has 0 aliphatic rings. The van der Waals surface area contributed by atoms with Crippen LogP contribution in [0.1, 0.15) is 0 Å². The molecule has 3 aromatic carbocycles. The van der Waals surface area contributed by atoms with Crippen molar-refractivity contribution in [1.29, 1.82) is 0 Å². The molecular formula is C18H11IN2O. The van der Waals surface area contributed by atoms with Crippen molar-refractivity contribution in [2.24, 2.45) is 0 Å². The molecule has 0 amide bonds. The van der Waals surface area contributed by atoms with Gasteiger partial charge in [-0.05, 0) is 63.7 Å². The number of rotatable bonds is 2. The first-order valence-electron chi connectivity index (χ1n) is 6.88. The van der Waals surface area contributed by atoms with Crippen LogP contribution in [0.5, 0.6) is 0 Å². The molecule has 0 spiro atoms. The first-order chi connectivity index (χ1) is 10.8. The monoisotopic (exact) mass is 398 g/mol. The van der Waals surface area contributed by atoms with Crippen molar-refractivity contribution < 1.29 is 4.42 Å². The van der Waals surface area contributed by atoms with Gasteiger partial charge in [0.1, 0.15) is 0 Å². The Hall–Kier alpha value is -2.21. The Kier molecular flexibility index (Phi) is 3.38. The second-order valence-electron chi connectivity index (χ2n) is 4.98. The average Bonchev–Trinajstić information content (AvgIpc) is 3.04. The maximum Gasteiger partial charge on any atom is 0.248 e. The zero-order valence-electron chi connectivity index (χ0n) is 11.5. The van der Waals surface area contributed by atoms with Crippen LogP contribution >= 0.6 is 22.6 Å². The van der Waals surface area contributed by atoms with Crippen LogP contribution in [0.2, 0.25) is 0 Å². The smallest absolute Gasteiger partial charge is 0.248 e. The van der Waals surface area contributed by atoms with E-state index in [1.165, 1.54) is 5.39 Å². The van der Waals surface area contributed by atoms with E-state index in [9.17, 15) is 0 Å². The summed E-state index contributed by atoms with van der Waals surface area (Å²) in [6.45, 7) is 0. The lowest BCUT2D eigenvalue weighted by atomic mass is 10.1. The van der Waals surface area contributed by atoms with E-state index in [0.29, 0.717) is 11.8 Å². The van der Waals surface area contributed by atoms with Crippen LogP contribution in [0, 0.1) is 3.57 Å². The lowest BCUT2D eigenvalue weighted by Gasteiger charge is -1.99. The van der Waals surface area contributed by atoms with Crippen molar-refractivity contribution in [2.75, 3.05) is 0 Å². The summed E-state index contributed by atoms with van der Waals surface area (Å²) in [5, 5.41) is 10.7. The number of hydrogen-bond donors (Lipinski definition) is 0. The number of nitrogens with zero attached hydrogens (tertiary/aromatic N) is 2. The Morgan fingerprint density at radius 1 is 0.682 bits per heavy atom. The third kappa shape index (κ3) is 2.50. The third-order valence-electron chi connectivity index (χ3n) is 3.49. The highest BCUT2D eigenvalue weighted by atomic mass is 127. The van der Waals surface area contributed by atoms with Crippen LogP contribution in [-0.2, 0) is 0 Å². The lowest BCUT2D eigenvalue weighted by Crippen LogP contribution is -1.79. The fourth-order valence-electron chi connectivity index (χ4n) is 2.40. The van der Waals surface area contributed by atoms with E-state index >= 15 is 0 Å². The number of halogens is 1. The van der Waals surface area contributed by atoms with Crippen LogP contribution in [0.3, 0.4) is 0 Å². The lowest BCUT2D eigenvalue weighted by molar-refractivity contribution is 0.584. The van der Waals surface area contributed by atoms with Gasteiger partial charge in [0.05, 0.1) is 0 Å². The predicted molar refractivity (Wildman–Crippen MR) is 95.4 cm³/mol. The Balaban J connectivity index is 1.76. The zero-order valence-corrected chi connectivity index (χ0v) is 13.7. The summed E-state index contributed by atoms with van der Waals surface area (Å²) in [4.78, 5) is 0. The highest BCUT2D eigenvalue weighted by Gasteiger charge is 2.11. The number of benzene rings is 3.